The van der Waals surface area contributed by atoms with Gasteiger partial charge in [-0.1, -0.05) is 0 Å². The summed E-state index contributed by atoms with van der Waals surface area (Å²) < 4.78 is 14.0. The van der Waals surface area contributed by atoms with Crippen LogP contribution in [0.1, 0.15) is 33.6 Å². The van der Waals surface area contributed by atoms with E-state index in [1.165, 1.54) is 0 Å². The van der Waals surface area contributed by atoms with Gasteiger partial charge in [-0.2, -0.15) is 0 Å². The van der Waals surface area contributed by atoms with Gasteiger partial charge in [0.25, 0.3) is 11.8 Å². The molecule has 1 fully saturated rings. The number of aliphatic carboxylic acids is 1. The van der Waals surface area contributed by atoms with E-state index in [1.54, 1.807) is 0 Å². The molecule has 3 rings (SSSR count). The third-order valence-electron chi connectivity index (χ3n) is 3.96. The number of amides is 4. The molecule has 9 nitrogen and oxygen atoms in total. The summed E-state index contributed by atoms with van der Waals surface area (Å²) >= 11 is 0. The average Bonchev–Trinajstić information content (AvgIpc) is 2.77. The third-order valence-corrected chi connectivity index (χ3v) is 3.96. The first-order chi connectivity index (χ1) is 11.8. The van der Waals surface area contributed by atoms with Crippen LogP contribution in [0.15, 0.2) is 12.1 Å². The molecule has 2 aliphatic heterocycles. The Morgan fingerprint density at radius 2 is 1.88 bits per heavy atom. The fourth-order valence-electron chi connectivity index (χ4n) is 2.80. The molecule has 25 heavy (non-hydrogen) atoms. The molecule has 1 saturated heterocycles. The van der Waals surface area contributed by atoms with E-state index in [2.05, 4.69) is 10.6 Å². The largest absolute Gasteiger partial charge is 0.480 e. The van der Waals surface area contributed by atoms with Crippen LogP contribution in [0, 0.1) is 5.82 Å². The zero-order valence-electron chi connectivity index (χ0n) is 12.7. The summed E-state index contributed by atoms with van der Waals surface area (Å²) in [5.41, 5.74) is -0.593. The molecule has 0 aliphatic carbocycles. The van der Waals surface area contributed by atoms with E-state index < -0.39 is 48.0 Å². The summed E-state index contributed by atoms with van der Waals surface area (Å²) in [6, 6.07) is 0.717. The average molecular weight is 349 g/mol. The molecule has 0 saturated carbocycles. The molecule has 1 atom stereocenters. The number of carbonyl (C=O) groups excluding carboxylic acids is 4. The maximum atomic E-state index is 14.0. The van der Waals surface area contributed by atoms with Crippen LogP contribution in [0.2, 0.25) is 0 Å². The molecule has 0 radical (unpaired) electrons. The number of piperidine rings is 1. The first kappa shape index (κ1) is 16.6. The number of nitrogens with one attached hydrogen (secondary N) is 2. The van der Waals surface area contributed by atoms with Crippen LogP contribution in [0.5, 0.6) is 0 Å². The van der Waals surface area contributed by atoms with Crippen LogP contribution in [-0.4, -0.2) is 52.2 Å². The van der Waals surface area contributed by atoms with Crippen molar-refractivity contribution < 1.29 is 33.5 Å². The van der Waals surface area contributed by atoms with Crippen LogP contribution in [0.4, 0.5) is 10.1 Å². The molecule has 2 aliphatic rings. The van der Waals surface area contributed by atoms with Crippen molar-refractivity contribution >= 4 is 35.3 Å². The SMILES string of the molecule is O=C(O)CNc1cc2c(cc1F)C(=O)N(C1CCC(=O)NC1=O)C2=O. The molecule has 10 heteroatoms. The highest BCUT2D eigenvalue weighted by atomic mass is 19.1. The number of halogens is 1. The molecular weight excluding hydrogens is 337 g/mol. The van der Waals surface area contributed by atoms with E-state index >= 15 is 0 Å². The number of anilines is 1. The van der Waals surface area contributed by atoms with Crippen LogP contribution in [0.25, 0.3) is 0 Å². The molecule has 0 aromatic heterocycles. The molecule has 1 aromatic rings. The van der Waals surface area contributed by atoms with Crippen molar-refractivity contribution in [2.24, 2.45) is 0 Å². The predicted octanol–water partition coefficient (Wildman–Crippen LogP) is -0.277. The summed E-state index contributed by atoms with van der Waals surface area (Å²) in [4.78, 5) is 59.3. The van der Waals surface area contributed by atoms with Gasteiger partial charge in [0.05, 0.1) is 16.8 Å². The second-order valence-corrected chi connectivity index (χ2v) is 5.57. The monoisotopic (exact) mass is 349 g/mol. The van der Waals surface area contributed by atoms with E-state index in [9.17, 15) is 28.4 Å². The Balaban J connectivity index is 1.92. The lowest BCUT2D eigenvalue weighted by molar-refractivity contribution is -0.137. The van der Waals surface area contributed by atoms with Gasteiger partial charge in [0.15, 0.2) is 0 Å². The van der Waals surface area contributed by atoms with Gasteiger partial charge in [0, 0.05) is 6.42 Å². The molecule has 1 unspecified atom stereocenters. The summed E-state index contributed by atoms with van der Waals surface area (Å²) in [5, 5.41) is 13.0. The summed E-state index contributed by atoms with van der Waals surface area (Å²) in [5.74, 6) is -5.02. The summed E-state index contributed by atoms with van der Waals surface area (Å²) in [7, 11) is 0. The van der Waals surface area contributed by atoms with Gasteiger partial charge in [-0.15, -0.1) is 0 Å². The van der Waals surface area contributed by atoms with Crippen molar-refractivity contribution in [2.75, 3.05) is 11.9 Å². The van der Waals surface area contributed by atoms with Crippen LogP contribution in [0.3, 0.4) is 0 Å². The van der Waals surface area contributed by atoms with E-state index in [4.69, 9.17) is 5.11 Å². The van der Waals surface area contributed by atoms with E-state index in [0.717, 1.165) is 12.1 Å². The number of hydrogen-bond donors (Lipinski definition) is 3. The minimum atomic E-state index is -1.23. The second kappa shape index (κ2) is 5.96. The van der Waals surface area contributed by atoms with Gasteiger partial charge >= 0.3 is 5.97 Å². The maximum absolute atomic E-state index is 14.0. The first-order valence-electron chi connectivity index (χ1n) is 7.30. The maximum Gasteiger partial charge on any atom is 0.322 e. The van der Waals surface area contributed by atoms with Gasteiger partial charge in [-0.05, 0) is 18.6 Å². The Bertz CT molecular complexity index is 837. The smallest absolute Gasteiger partial charge is 0.322 e. The van der Waals surface area contributed by atoms with Gasteiger partial charge in [-0.3, -0.25) is 34.2 Å². The van der Waals surface area contributed by atoms with Gasteiger partial charge in [-0.25, -0.2) is 4.39 Å². The molecule has 4 amide bonds. The lowest BCUT2D eigenvalue weighted by atomic mass is 10.0. The first-order valence-corrected chi connectivity index (χ1v) is 7.30. The Morgan fingerprint density at radius 3 is 2.48 bits per heavy atom. The van der Waals surface area contributed by atoms with Crippen molar-refractivity contribution in [1.29, 1.82) is 0 Å². The van der Waals surface area contributed by atoms with Crippen molar-refractivity contribution in [3.63, 3.8) is 0 Å². The summed E-state index contributed by atoms with van der Waals surface area (Å²) in [6.45, 7) is -0.575. The fourth-order valence-corrected chi connectivity index (χ4v) is 2.80. The van der Waals surface area contributed by atoms with Crippen molar-refractivity contribution in [3.05, 3.63) is 29.1 Å². The van der Waals surface area contributed by atoms with E-state index in [1.807, 2.05) is 0 Å². The highest BCUT2D eigenvalue weighted by molar-refractivity contribution is 6.23. The highest BCUT2D eigenvalue weighted by Crippen LogP contribution is 2.31. The molecule has 130 valence electrons. The minimum absolute atomic E-state index is 0.0112. The number of carboxylic acids is 1. The minimum Gasteiger partial charge on any atom is -0.480 e. The third kappa shape index (κ3) is 2.82. The fraction of sp³-hybridized carbons (Fsp3) is 0.267. The van der Waals surface area contributed by atoms with Crippen molar-refractivity contribution in [2.45, 2.75) is 18.9 Å². The number of nitrogens with zero attached hydrogens (tertiary/aromatic N) is 1. The molecule has 2 heterocycles. The number of imide groups is 2. The number of carboxylic acid groups (broad SMARTS) is 1. The molecular formula is C15H12FN3O6. The second-order valence-electron chi connectivity index (χ2n) is 5.57. The summed E-state index contributed by atoms with van der Waals surface area (Å²) in [6.07, 6.45) is -0.0354. The Kier molecular flexibility index (Phi) is 3.95. The normalized spacial score (nSPS) is 19.7. The van der Waals surface area contributed by atoms with Gasteiger partial charge in [0.1, 0.15) is 18.4 Å². The van der Waals surface area contributed by atoms with Crippen molar-refractivity contribution in [1.82, 2.24) is 10.2 Å². The van der Waals surface area contributed by atoms with Crippen LogP contribution >= 0.6 is 0 Å². The molecule has 3 N–H and O–H groups in total. The molecule has 0 spiro atoms. The van der Waals surface area contributed by atoms with Crippen LogP contribution < -0.4 is 10.6 Å². The Labute approximate surface area is 139 Å². The van der Waals surface area contributed by atoms with Gasteiger partial charge in [0.2, 0.25) is 11.8 Å². The topological polar surface area (TPSA) is 133 Å². The zero-order valence-corrected chi connectivity index (χ0v) is 12.7. The molecule has 1 aromatic carbocycles. The zero-order chi connectivity index (χ0) is 18.3. The highest BCUT2D eigenvalue weighted by Gasteiger charge is 2.45. The quantitative estimate of drug-likeness (QED) is 0.637. The Hall–Kier alpha value is -3.30. The van der Waals surface area contributed by atoms with E-state index in [-0.39, 0.29) is 29.7 Å². The number of carbonyl (C=O) groups is 5. The van der Waals surface area contributed by atoms with E-state index in [0.29, 0.717) is 4.90 Å². The standard InChI is InChI=1S/C15H12FN3O6/c16-8-3-6-7(4-9(8)17-5-12(21)22)15(25)19(14(6)24)10-1-2-11(20)18-13(10)23/h3-4,10,17H,1-2,5H2,(H,21,22)(H,18,20,23). The number of fused-ring (bicyclic) bond motifs is 1. The van der Waals surface area contributed by atoms with Crippen LogP contribution in [-0.2, 0) is 14.4 Å². The van der Waals surface area contributed by atoms with Gasteiger partial charge < -0.3 is 10.4 Å². The predicted molar refractivity (Wildman–Crippen MR) is 79.2 cm³/mol. The lowest BCUT2D eigenvalue weighted by Gasteiger charge is -2.27. The van der Waals surface area contributed by atoms with Crippen molar-refractivity contribution in [3.8, 4) is 0 Å². The Morgan fingerprint density at radius 1 is 1.24 bits per heavy atom. The number of hydrogen-bond acceptors (Lipinski definition) is 6. The number of rotatable bonds is 4. The lowest BCUT2D eigenvalue weighted by Crippen LogP contribution is -2.54. The molecule has 0 bridgehead atoms. The number of benzene rings is 1.